The zero-order valence-electron chi connectivity index (χ0n) is 8.38. The molecule has 14 heavy (non-hydrogen) atoms. The van der Waals surface area contributed by atoms with Crippen LogP contribution in [0.2, 0.25) is 0 Å². The van der Waals surface area contributed by atoms with Crippen molar-refractivity contribution in [1.29, 1.82) is 0 Å². The Kier molecular flexibility index (Phi) is 3.10. The normalized spacial score (nSPS) is 19.9. The summed E-state index contributed by atoms with van der Waals surface area (Å²) in [6.45, 7) is 2.00. The van der Waals surface area contributed by atoms with Crippen LogP contribution in [0.5, 0.6) is 0 Å². The van der Waals surface area contributed by atoms with Crippen molar-refractivity contribution in [3.05, 3.63) is 0 Å². The fourth-order valence-electron chi connectivity index (χ4n) is 1.36. The molecular weight excluding hydrogens is 182 g/mol. The molecule has 1 aliphatic carbocycles. The number of nitrogens with two attached hydrogens (primary N) is 2. The summed E-state index contributed by atoms with van der Waals surface area (Å²) in [5, 5.41) is 2.61. The lowest BCUT2D eigenvalue weighted by Gasteiger charge is -2.22. The molecule has 1 atom stereocenters. The van der Waals surface area contributed by atoms with E-state index in [0.29, 0.717) is 0 Å². The third-order valence-electron chi connectivity index (χ3n) is 2.57. The Morgan fingerprint density at radius 3 is 2.50 bits per heavy atom. The second-order valence-corrected chi connectivity index (χ2v) is 4.03. The topological polar surface area (TPSA) is 98.2 Å². The molecule has 5 heteroatoms. The van der Waals surface area contributed by atoms with Crippen LogP contribution >= 0.6 is 0 Å². The first-order valence-corrected chi connectivity index (χ1v) is 4.80. The van der Waals surface area contributed by atoms with Crippen molar-refractivity contribution in [3.8, 4) is 0 Å². The van der Waals surface area contributed by atoms with Crippen molar-refractivity contribution in [3.63, 3.8) is 0 Å². The van der Waals surface area contributed by atoms with Gasteiger partial charge in [0.25, 0.3) is 0 Å². The highest BCUT2D eigenvalue weighted by molar-refractivity contribution is 5.86. The van der Waals surface area contributed by atoms with E-state index < -0.39 is 11.4 Å². The molecule has 0 saturated heterocycles. The van der Waals surface area contributed by atoms with Gasteiger partial charge in [0.2, 0.25) is 11.8 Å². The first kappa shape index (κ1) is 11.0. The first-order valence-electron chi connectivity index (χ1n) is 4.80. The van der Waals surface area contributed by atoms with E-state index in [4.69, 9.17) is 11.5 Å². The first-order chi connectivity index (χ1) is 6.44. The molecule has 0 spiro atoms. The maximum atomic E-state index is 11.5. The second kappa shape index (κ2) is 3.96. The molecule has 80 valence electrons. The Hall–Kier alpha value is -1.10. The highest BCUT2D eigenvalue weighted by Crippen LogP contribution is 2.37. The van der Waals surface area contributed by atoms with Crippen LogP contribution in [-0.2, 0) is 9.59 Å². The summed E-state index contributed by atoms with van der Waals surface area (Å²) in [4.78, 5) is 22.0. The van der Waals surface area contributed by atoms with Gasteiger partial charge in [-0.05, 0) is 25.7 Å². The van der Waals surface area contributed by atoms with Gasteiger partial charge in [0.1, 0.15) is 0 Å². The molecule has 0 aliphatic heterocycles. The predicted molar refractivity (Wildman–Crippen MR) is 52.1 cm³/mol. The number of primary amides is 1. The van der Waals surface area contributed by atoms with E-state index in [9.17, 15) is 9.59 Å². The molecular formula is C9H17N3O2. The van der Waals surface area contributed by atoms with E-state index in [-0.39, 0.29) is 24.8 Å². The van der Waals surface area contributed by atoms with Gasteiger partial charge in [-0.25, -0.2) is 0 Å². The minimum atomic E-state index is -0.794. The van der Waals surface area contributed by atoms with Gasteiger partial charge in [0.15, 0.2) is 0 Å². The molecule has 2 amide bonds. The average molecular weight is 199 g/mol. The van der Waals surface area contributed by atoms with E-state index in [1.54, 1.807) is 6.92 Å². The van der Waals surface area contributed by atoms with Crippen LogP contribution in [0.4, 0.5) is 0 Å². The third kappa shape index (κ3) is 2.70. The Balaban J connectivity index is 2.30. The van der Waals surface area contributed by atoms with E-state index in [1.807, 2.05) is 0 Å². The summed E-state index contributed by atoms with van der Waals surface area (Å²) in [6, 6.07) is 0. The van der Waals surface area contributed by atoms with E-state index >= 15 is 0 Å². The number of carbonyl (C=O) groups is 2. The Morgan fingerprint density at radius 2 is 2.07 bits per heavy atom. The lowest BCUT2D eigenvalue weighted by atomic mass is 9.96. The van der Waals surface area contributed by atoms with E-state index in [1.165, 1.54) is 0 Å². The molecule has 5 N–H and O–H groups in total. The number of amides is 2. The summed E-state index contributed by atoms with van der Waals surface area (Å²) in [6.07, 6.45) is 2.18. The third-order valence-corrected chi connectivity index (χ3v) is 2.57. The summed E-state index contributed by atoms with van der Waals surface area (Å²) < 4.78 is 0. The maximum Gasteiger partial charge on any atom is 0.240 e. The molecule has 1 unspecified atom stereocenters. The highest BCUT2D eigenvalue weighted by atomic mass is 16.2. The zero-order valence-corrected chi connectivity index (χ0v) is 8.38. The van der Waals surface area contributed by atoms with Gasteiger partial charge in [-0.2, -0.15) is 0 Å². The van der Waals surface area contributed by atoms with Crippen molar-refractivity contribution in [1.82, 2.24) is 5.32 Å². The van der Waals surface area contributed by atoms with Gasteiger partial charge in [0, 0.05) is 13.0 Å². The molecule has 1 aliphatic rings. The molecule has 0 aromatic carbocycles. The SMILES string of the molecule is CC(N)(C(=O)NCCC(N)=O)C1CC1. The van der Waals surface area contributed by atoms with Crippen molar-refractivity contribution < 1.29 is 9.59 Å². The van der Waals surface area contributed by atoms with E-state index in [2.05, 4.69) is 5.32 Å². The van der Waals surface area contributed by atoms with E-state index in [0.717, 1.165) is 12.8 Å². The van der Waals surface area contributed by atoms with Gasteiger partial charge in [-0.3, -0.25) is 9.59 Å². The number of nitrogens with one attached hydrogen (secondary N) is 1. The molecule has 1 saturated carbocycles. The van der Waals surface area contributed by atoms with Crippen LogP contribution in [0.15, 0.2) is 0 Å². The van der Waals surface area contributed by atoms with Crippen molar-refractivity contribution in [2.75, 3.05) is 6.54 Å². The predicted octanol–water partition coefficient (Wildman–Crippen LogP) is -0.895. The number of rotatable bonds is 5. The Bertz CT molecular complexity index is 246. The molecule has 5 nitrogen and oxygen atoms in total. The quantitative estimate of drug-likeness (QED) is 0.535. The largest absolute Gasteiger partial charge is 0.370 e. The van der Waals surface area contributed by atoms with Crippen LogP contribution < -0.4 is 16.8 Å². The minimum Gasteiger partial charge on any atom is -0.370 e. The van der Waals surface area contributed by atoms with Crippen LogP contribution in [-0.4, -0.2) is 23.9 Å². The Labute approximate surface area is 83.2 Å². The summed E-state index contributed by atoms with van der Waals surface area (Å²) in [7, 11) is 0. The van der Waals surface area contributed by atoms with Crippen molar-refractivity contribution in [2.45, 2.75) is 31.7 Å². The fraction of sp³-hybridized carbons (Fsp3) is 0.778. The second-order valence-electron chi connectivity index (χ2n) is 4.03. The zero-order chi connectivity index (χ0) is 10.8. The van der Waals surface area contributed by atoms with Crippen molar-refractivity contribution >= 4 is 11.8 Å². The number of hydrogen-bond acceptors (Lipinski definition) is 3. The van der Waals surface area contributed by atoms with Crippen LogP contribution in [0.1, 0.15) is 26.2 Å². The number of hydrogen-bond donors (Lipinski definition) is 3. The molecule has 0 radical (unpaired) electrons. The smallest absolute Gasteiger partial charge is 0.240 e. The van der Waals surface area contributed by atoms with Crippen LogP contribution in [0.25, 0.3) is 0 Å². The summed E-state index contributed by atoms with van der Waals surface area (Å²) in [5.41, 5.74) is 10.00. The summed E-state index contributed by atoms with van der Waals surface area (Å²) in [5.74, 6) is -0.326. The number of carbonyl (C=O) groups excluding carboxylic acids is 2. The molecule has 0 aromatic rings. The van der Waals surface area contributed by atoms with Crippen LogP contribution in [0, 0.1) is 5.92 Å². The molecule has 0 aromatic heterocycles. The van der Waals surface area contributed by atoms with Gasteiger partial charge in [-0.1, -0.05) is 0 Å². The standard InChI is InChI=1S/C9H17N3O2/c1-9(11,6-2-3-6)8(14)12-5-4-7(10)13/h6H,2-5,11H2,1H3,(H2,10,13)(H,12,14). The lowest BCUT2D eigenvalue weighted by molar-refractivity contribution is -0.126. The highest BCUT2D eigenvalue weighted by Gasteiger charge is 2.43. The van der Waals surface area contributed by atoms with Crippen molar-refractivity contribution in [2.24, 2.45) is 17.4 Å². The summed E-state index contributed by atoms with van der Waals surface area (Å²) >= 11 is 0. The molecule has 0 heterocycles. The maximum absolute atomic E-state index is 11.5. The molecule has 1 fully saturated rings. The van der Waals surface area contributed by atoms with Gasteiger partial charge in [0.05, 0.1) is 5.54 Å². The molecule has 0 bridgehead atoms. The Morgan fingerprint density at radius 1 is 1.50 bits per heavy atom. The lowest BCUT2D eigenvalue weighted by Crippen LogP contribution is -2.53. The average Bonchev–Trinajstić information content (AvgIpc) is 2.85. The van der Waals surface area contributed by atoms with Gasteiger partial charge >= 0.3 is 0 Å². The monoisotopic (exact) mass is 199 g/mol. The van der Waals surface area contributed by atoms with Gasteiger partial charge < -0.3 is 16.8 Å². The van der Waals surface area contributed by atoms with Gasteiger partial charge in [-0.15, -0.1) is 0 Å². The fourth-order valence-corrected chi connectivity index (χ4v) is 1.36. The molecule has 1 rings (SSSR count). The minimum absolute atomic E-state index is 0.159. The van der Waals surface area contributed by atoms with Crippen LogP contribution in [0.3, 0.4) is 0 Å².